The molecule has 32 heavy (non-hydrogen) atoms. The van der Waals surface area contributed by atoms with Crippen LogP contribution in [0.4, 0.5) is 4.39 Å². The molecule has 0 bridgehead atoms. The standard InChI is InChI=1S/C23H36FN5O2.HI/c1-18(31-21-9-7-20(24)8-10-21)17-27-23(25-2)26-11-12-28-13-15-29(16-14-28)22(30)19-5-3-4-6-19;/h7-10,18-19H,3-6,11-17H2,1-2H3,(H2,25,26,27);1H. The van der Waals surface area contributed by atoms with Crippen LogP contribution in [0.25, 0.3) is 0 Å². The summed E-state index contributed by atoms with van der Waals surface area (Å²) in [5.41, 5.74) is 0. The maximum atomic E-state index is 13.0. The van der Waals surface area contributed by atoms with E-state index in [9.17, 15) is 9.18 Å². The second-order valence-electron chi connectivity index (χ2n) is 8.41. The Hall–Kier alpha value is -1.62. The third-order valence-corrected chi connectivity index (χ3v) is 6.04. The van der Waals surface area contributed by atoms with E-state index in [1.807, 2.05) is 6.92 Å². The van der Waals surface area contributed by atoms with Gasteiger partial charge in [-0.1, -0.05) is 12.8 Å². The molecule has 0 aromatic heterocycles. The first-order valence-corrected chi connectivity index (χ1v) is 11.4. The van der Waals surface area contributed by atoms with Gasteiger partial charge in [-0.15, -0.1) is 24.0 Å². The zero-order valence-electron chi connectivity index (χ0n) is 19.2. The van der Waals surface area contributed by atoms with Crippen LogP contribution in [-0.2, 0) is 4.79 Å². The van der Waals surface area contributed by atoms with Gasteiger partial charge < -0.3 is 20.3 Å². The zero-order chi connectivity index (χ0) is 22.1. The van der Waals surface area contributed by atoms with Gasteiger partial charge in [0.2, 0.25) is 5.91 Å². The molecule has 0 spiro atoms. The van der Waals surface area contributed by atoms with Crippen LogP contribution in [0.3, 0.4) is 0 Å². The number of hydrogen-bond acceptors (Lipinski definition) is 4. The summed E-state index contributed by atoms with van der Waals surface area (Å²) in [6.07, 6.45) is 4.46. The number of nitrogens with one attached hydrogen (secondary N) is 2. The summed E-state index contributed by atoms with van der Waals surface area (Å²) < 4.78 is 18.8. The number of halogens is 2. The second kappa shape index (κ2) is 13.8. The molecule has 2 fully saturated rings. The highest BCUT2D eigenvalue weighted by Crippen LogP contribution is 2.26. The smallest absolute Gasteiger partial charge is 0.225 e. The molecule has 1 saturated heterocycles. The molecule has 3 rings (SSSR count). The number of amides is 1. The van der Waals surface area contributed by atoms with Crippen molar-refractivity contribution >= 4 is 35.8 Å². The number of guanidine groups is 1. The van der Waals surface area contributed by atoms with Gasteiger partial charge in [-0.2, -0.15) is 0 Å². The predicted molar refractivity (Wildman–Crippen MR) is 136 cm³/mol. The lowest BCUT2D eigenvalue weighted by atomic mass is 10.1. The Morgan fingerprint density at radius 3 is 2.44 bits per heavy atom. The van der Waals surface area contributed by atoms with Gasteiger partial charge in [0.1, 0.15) is 17.7 Å². The fraction of sp³-hybridized carbons (Fsp3) is 0.652. The van der Waals surface area contributed by atoms with Crippen LogP contribution in [0.15, 0.2) is 29.3 Å². The van der Waals surface area contributed by atoms with Crippen molar-refractivity contribution in [3.8, 4) is 5.75 Å². The number of rotatable bonds is 8. The third kappa shape index (κ3) is 8.38. The van der Waals surface area contributed by atoms with Gasteiger partial charge in [0.25, 0.3) is 0 Å². The topological polar surface area (TPSA) is 69.2 Å². The van der Waals surface area contributed by atoms with Crippen molar-refractivity contribution in [1.82, 2.24) is 20.4 Å². The van der Waals surface area contributed by atoms with Gasteiger partial charge in [-0.3, -0.25) is 14.7 Å². The lowest BCUT2D eigenvalue weighted by Crippen LogP contribution is -2.52. The van der Waals surface area contributed by atoms with Gasteiger partial charge in [0, 0.05) is 52.2 Å². The SMILES string of the molecule is CN=C(NCCN1CCN(C(=O)C2CCCC2)CC1)NCC(C)Oc1ccc(F)cc1.I. The molecule has 1 aliphatic heterocycles. The van der Waals surface area contributed by atoms with E-state index in [0.717, 1.165) is 58.1 Å². The minimum Gasteiger partial charge on any atom is -0.489 e. The number of benzene rings is 1. The summed E-state index contributed by atoms with van der Waals surface area (Å²) in [6.45, 7) is 7.75. The summed E-state index contributed by atoms with van der Waals surface area (Å²) in [5, 5.41) is 6.59. The van der Waals surface area contributed by atoms with E-state index >= 15 is 0 Å². The first kappa shape index (κ1) is 26.6. The average molecular weight is 561 g/mol. The van der Waals surface area contributed by atoms with E-state index in [0.29, 0.717) is 18.2 Å². The van der Waals surface area contributed by atoms with E-state index in [1.165, 1.54) is 25.0 Å². The summed E-state index contributed by atoms with van der Waals surface area (Å²) in [5.74, 6) is 1.74. The van der Waals surface area contributed by atoms with E-state index in [2.05, 4.69) is 25.4 Å². The van der Waals surface area contributed by atoms with Crippen LogP contribution in [0.2, 0.25) is 0 Å². The maximum Gasteiger partial charge on any atom is 0.225 e. The molecule has 180 valence electrons. The molecule has 1 heterocycles. The molecule has 9 heteroatoms. The molecular weight excluding hydrogens is 524 g/mol. The van der Waals surface area contributed by atoms with Gasteiger partial charge in [-0.05, 0) is 44.0 Å². The summed E-state index contributed by atoms with van der Waals surface area (Å²) in [4.78, 5) is 21.3. The van der Waals surface area contributed by atoms with Crippen molar-refractivity contribution in [3.05, 3.63) is 30.1 Å². The molecule has 7 nitrogen and oxygen atoms in total. The van der Waals surface area contributed by atoms with Crippen LogP contribution in [0.5, 0.6) is 5.75 Å². The largest absolute Gasteiger partial charge is 0.489 e. The molecule has 2 N–H and O–H groups in total. The predicted octanol–water partition coefficient (Wildman–Crippen LogP) is 2.71. The van der Waals surface area contributed by atoms with Crippen LogP contribution in [-0.4, -0.2) is 80.6 Å². The maximum absolute atomic E-state index is 13.0. The van der Waals surface area contributed by atoms with Crippen molar-refractivity contribution < 1.29 is 13.9 Å². The van der Waals surface area contributed by atoms with Crippen LogP contribution < -0.4 is 15.4 Å². The number of piperazine rings is 1. The highest BCUT2D eigenvalue weighted by atomic mass is 127. The van der Waals surface area contributed by atoms with Gasteiger partial charge in [0.15, 0.2) is 5.96 Å². The normalized spacial score (nSPS) is 18.7. The van der Waals surface area contributed by atoms with Crippen molar-refractivity contribution in [2.24, 2.45) is 10.9 Å². The first-order chi connectivity index (χ1) is 15.0. The molecule has 2 aliphatic rings. The van der Waals surface area contributed by atoms with Gasteiger partial charge in [-0.25, -0.2) is 4.39 Å². The Morgan fingerprint density at radius 1 is 1.16 bits per heavy atom. The fourth-order valence-corrected chi connectivity index (χ4v) is 4.20. The summed E-state index contributed by atoms with van der Waals surface area (Å²) in [7, 11) is 1.74. The minimum absolute atomic E-state index is 0. The number of aliphatic imine (C=N–C) groups is 1. The van der Waals surface area contributed by atoms with E-state index < -0.39 is 0 Å². The number of carbonyl (C=O) groups excluding carboxylic acids is 1. The van der Waals surface area contributed by atoms with E-state index in [-0.39, 0.29) is 41.8 Å². The lowest BCUT2D eigenvalue weighted by Gasteiger charge is -2.36. The minimum atomic E-state index is -0.274. The van der Waals surface area contributed by atoms with Crippen LogP contribution >= 0.6 is 24.0 Å². The molecule has 1 unspecified atom stereocenters. The molecule has 1 aromatic carbocycles. The monoisotopic (exact) mass is 561 g/mol. The van der Waals surface area contributed by atoms with E-state index in [4.69, 9.17) is 4.74 Å². The Kier molecular flexibility index (Phi) is 11.5. The van der Waals surface area contributed by atoms with E-state index in [1.54, 1.807) is 19.2 Å². The fourth-order valence-electron chi connectivity index (χ4n) is 4.20. The average Bonchev–Trinajstić information content (AvgIpc) is 3.32. The number of nitrogens with zero attached hydrogens (tertiary/aromatic N) is 3. The number of hydrogen-bond donors (Lipinski definition) is 2. The molecule has 1 aliphatic carbocycles. The molecule has 1 saturated carbocycles. The first-order valence-electron chi connectivity index (χ1n) is 11.4. The quantitative estimate of drug-likeness (QED) is 0.291. The highest BCUT2D eigenvalue weighted by Gasteiger charge is 2.29. The van der Waals surface area contributed by atoms with Gasteiger partial charge >= 0.3 is 0 Å². The lowest BCUT2D eigenvalue weighted by molar-refractivity contribution is -0.137. The van der Waals surface area contributed by atoms with Crippen LogP contribution in [0.1, 0.15) is 32.6 Å². The number of carbonyl (C=O) groups is 1. The summed E-state index contributed by atoms with van der Waals surface area (Å²) >= 11 is 0. The van der Waals surface area contributed by atoms with Crippen molar-refractivity contribution in [2.45, 2.75) is 38.7 Å². The Labute approximate surface area is 208 Å². The van der Waals surface area contributed by atoms with Crippen LogP contribution in [0, 0.1) is 11.7 Å². The van der Waals surface area contributed by atoms with Crippen molar-refractivity contribution in [3.63, 3.8) is 0 Å². The van der Waals surface area contributed by atoms with Crippen molar-refractivity contribution in [2.75, 3.05) is 52.9 Å². The molecular formula is C23H37FIN5O2. The Bertz CT molecular complexity index is 720. The number of ether oxygens (including phenoxy) is 1. The second-order valence-corrected chi connectivity index (χ2v) is 8.41. The summed E-state index contributed by atoms with van der Waals surface area (Å²) in [6, 6.07) is 6.03. The zero-order valence-corrected chi connectivity index (χ0v) is 21.5. The Balaban J connectivity index is 0.00000363. The van der Waals surface area contributed by atoms with Crippen molar-refractivity contribution in [1.29, 1.82) is 0 Å². The molecule has 1 aromatic rings. The van der Waals surface area contributed by atoms with Gasteiger partial charge in [0.05, 0.1) is 6.54 Å². The Morgan fingerprint density at radius 2 is 1.81 bits per heavy atom. The molecule has 0 radical (unpaired) electrons. The molecule has 1 atom stereocenters. The highest BCUT2D eigenvalue weighted by molar-refractivity contribution is 14.0. The third-order valence-electron chi connectivity index (χ3n) is 6.04. The molecule has 1 amide bonds.